The summed E-state index contributed by atoms with van der Waals surface area (Å²) in [6.45, 7) is 11.5. The molecule has 0 aliphatic carbocycles. The Morgan fingerprint density at radius 1 is 0.800 bits per heavy atom. The minimum atomic E-state index is -1.90. The van der Waals surface area contributed by atoms with Crippen LogP contribution in [0.2, 0.25) is 0 Å². The number of aromatic amines is 1. The highest BCUT2D eigenvalue weighted by Crippen LogP contribution is 2.20. The van der Waals surface area contributed by atoms with Crippen molar-refractivity contribution in [2.45, 2.75) is 104 Å². The fourth-order valence-electron chi connectivity index (χ4n) is 5.95. The molecular formula is C35H52N8O7. The smallest absolute Gasteiger partial charge is 0.246 e. The van der Waals surface area contributed by atoms with Gasteiger partial charge in [-0.2, -0.15) is 0 Å². The number of nitrogens with one attached hydrogen (secondary N) is 7. The lowest BCUT2D eigenvalue weighted by molar-refractivity contribution is -0.139. The van der Waals surface area contributed by atoms with Gasteiger partial charge in [-0.3, -0.25) is 33.6 Å². The van der Waals surface area contributed by atoms with Gasteiger partial charge in [-0.05, 0) is 49.1 Å². The van der Waals surface area contributed by atoms with Crippen molar-refractivity contribution >= 4 is 52.3 Å². The van der Waals surface area contributed by atoms with Gasteiger partial charge in [0.25, 0.3) is 0 Å². The third-order valence-corrected chi connectivity index (χ3v) is 8.52. The van der Waals surface area contributed by atoms with Crippen LogP contribution in [-0.4, -0.2) is 82.6 Å². The summed E-state index contributed by atoms with van der Waals surface area (Å²) in [6.07, 6.45) is 1.60. The van der Waals surface area contributed by atoms with E-state index in [0.717, 1.165) is 16.5 Å². The van der Waals surface area contributed by atoms with Crippen molar-refractivity contribution in [2.24, 2.45) is 23.5 Å². The van der Waals surface area contributed by atoms with Crippen molar-refractivity contribution in [1.82, 2.24) is 36.9 Å². The van der Waals surface area contributed by atoms with Crippen LogP contribution < -0.4 is 37.6 Å². The Balaban J connectivity index is 2.07. The zero-order chi connectivity index (χ0) is 37.3. The molecule has 0 radical (unpaired) electrons. The highest BCUT2D eigenvalue weighted by atomic mass is 16.2. The molecule has 3 rings (SSSR count). The molecule has 1 saturated heterocycles. The van der Waals surface area contributed by atoms with Gasteiger partial charge in [0.15, 0.2) is 0 Å². The Bertz CT molecular complexity index is 1590. The van der Waals surface area contributed by atoms with Crippen LogP contribution in [0.1, 0.15) is 73.3 Å². The summed E-state index contributed by atoms with van der Waals surface area (Å²) >= 11 is 0. The molecule has 0 bridgehead atoms. The van der Waals surface area contributed by atoms with Crippen LogP contribution in [0.4, 0.5) is 0 Å². The lowest BCUT2D eigenvalue weighted by Gasteiger charge is -2.33. The number of benzene rings is 1. The van der Waals surface area contributed by atoms with Crippen LogP contribution >= 0.6 is 0 Å². The zero-order valence-corrected chi connectivity index (χ0v) is 29.9. The van der Waals surface area contributed by atoms with E-state index < -0.39 is 89.9 Å². The first-order valence-electron chi connectivity index (χ1n) is 17.0. The van der Waals surface area contributed by atoms with Crippen molar-refractivity contribution in [1.29, 1.82) is 0 Å². The Morgan fingerprint density at radius 3 is 1.92 bits per heavy atom. The number of H-pyrrole nitrogens is 1. The first-order chi connectivity index (χ1) is 23.4. The number of primary amides is 1. The maximum atomic E-state index is 13.9. The molecule has 5 atom stereocenters. The van der Waals surface area contributed by atoms with Crippen molar-refractivity contribution < 1.29 is 33.6 Å². The number of amides is 7. The summed E-state index contributed by atoms with van der Waals surface area (Å²) < 4.78 is 0. The Hall–Kier alpha value is -4.95. The third kappa shape index (κ3) is 10.8. The van der Waals surface area contributed by atoms with Crippen molar-refractivity contribution in [2.75, 3.05) is 6.54 Å². The molecule has 0 saturated carbocycles. The van der Waals surface area contributed by atoms with Crippen LogP contribution in [0.25, 0.3) is 10.9 Å². The zero-order valence-electron chi connectivity index (χ0n) is 29.9. The predicted octanol–water partition coefficient (Wildman–Crippen LogP) is 0.278. The van der Waals surface area contributed by atoms with E-state index >= 15 is 0 Å². The quantitative estimate of drug-likeness (QED) is 0.182. The molecular weight excluding hydrogens is 644 g/mol. The summed E-state index contributed by atoms with van der Waals surface area (Å²) in [5.74, 6) is -5.73. The second-order valence-corrected chi connectivity index (χ2v) is 14.4. The van der Waals surface area contributed by atoms with Crippen LogP contribution in [-0.2, 0) is 40.0 Å². The number of rotatable bonds is 9. The van der Waals surface area contributed by atoms with Gasteiger partial charge in [-0.15, -0.1) is 0 Å². The number of para-hydroxylation sites is 1. The molecule has 50 heavy (non-hydrogen) atoms. The monoisotopic (exact) mass is 696 g/mol. The Kier molecular flexibility index (Phi) is 13.5. The highest BCUT2D eigenvalue weighted by Gasteiger charge is 2.40. The van der Waals surface area contributed by atoms with Gasteiger partial charge < -0.3 is 42.6 Å². The van der Waals surface area contributed by atoms with Crippen LogP contribution in [0, 0.1) is 17.8 Å². The average Bonchev–Trinajstić information content (AvgIpc) is 3.42. The number of aromatic nitrogens is 1. The molecule has 9 N–H and O–H groups in total. The molecule has 15 nitrogen and oxygen atoms in total. The molecule has 2 heterocycles. The summed E-state index contributed by atoms with van der Waals surface area (Å²) in [5.41, 5.74) is 5.09. The van der Waals surface area contributed by atoms with Gasteiger partial charge in [0.05, 0.1) is 13.0 Å². The number of fused-ring (bicyclic) bond motifs is 1. The molecule has 7 amide bonds. The molecule has 0 unspecified atom stereocenters. The van der Waals surface area contributed by atoms with Gasteiger partial charge in [-0.1, -0.05) is 59.7 Å². The summed E-state index contributed by atoms with van der Waals surface area (Å²) in [5, 5.41) is 16.8. The van der Waals surface area contributed by atoms with E-state index in [2.05, 4.69) is 36.9 Å². The second kappa shape index (κ2) is 17.1. The van der Waals surface area contributed by atoms with Crippen LogP contribution in [0.15, 0.2) is 30.5 Å². The minimum Gasteiger partial charge on any atom is -0.370 e. The fraction of sp³-hybridized carbons (Fsp3) is 0.571. The second-order valence-electron chi connectivity index (χ2n) is 14.4. The van der Waals surface area contributed by atoms with Gasteiger partial charge in [-0.25, -0.2) is 0 Å². The number of hydrogen-bond acceptors (Lipinski definition) is 7. The topological polar surface area (TPSA) is 233 Å². The summed E-state index contributed by atoms with van der Waals surface area (Å²) in [7, 11) is 0. The van der Waals surface area contributed by atoms with Crippen LogP contribution in [0.3, 0.4) is 0 Å². The lowest BCUT2D eigenvalue weighted by Crippen LogP contribution is -2.64. The molecule has 1 fully saturated rings. The summed E-state index contributed by atoms with van der Waals surface area (Å²) in [4.78, 5) is 97.0. The van der Waals surface area contributed by atoms with E-state index in [0.29, 0.717) is 0 Å². The van der Waals surface area contributed by atoms with Crippen molar-refractivity contribution in [3.8, 4) is 0 Å². The first-order valence-corrected chi connectivity index (χ1v) is 17.0. The molecule has 0 spiro atoms. The molecule has 1 aliphatic heterocycles. The molecule has 1 aliphatic rings. The van der Waals surface area contributed by atoms with Gasteiger partial charge in [0.1, 0.15) is 29.7 Å². The molecule has 2 aromatic rings. The standard InChI is InChI=1S/C35H52N8O7/c1-18(2)12-24-30(46)41-25(13-19(3)4)32(48)42-29(20(5)6)33(49)43-35(7,15-27(36)44)34(50)38-17-28(45)39-26(31(47)40-24)14-21-16-37-23-11-9-8-10-22(21)23/h8-11,16,18-20,24-26,29,37H,12-15,17H2,1-7H3,(H2,36,44)(H,38,50)(H,39,45)(H,40,47)(H,41,46)(H,42,48)(H,43,49)/t24-,25+,26-,29-,35-/m0/s1. The van der Waals surface area contributed by atoms with Crippen molar-refractivity contribution in [3.05, 3.63) is 36.0 Å². The predicted molar refractivity (Wildman–Crippen MR) is 187 cm³/mol. The number of carbonyl (C=O) groups excluding carboxylic acids is 7. The molecule has 15 heteroatoms. The highest BCUT2D eigenvalue weighted by molar-refractivity contribution is 6.00. The van der Waals surface area contributed by atoms with Crippen LogP contribution in [0.5, 0.6) is 0 Å². The maximum Gasteiger partial charge on any atom is 0.246 e. The van der Waals surface area contributed by atoms with E-state index in [1.807, 2.05) is 52.0 Å². The van der Waals surface area contributed by atoms with E-state index in [9.17, 15) is 33.6 Å². The number of carbonyl (C=O) groups is 7. The van der Waals surface area contributed by atoms with Crippen molar-refractivity contribution in [3.63, 3.8) is 0 Å². The van der Waals surface area contributed by atoms with Gasteiger partial charge >= 0.3 is 0 Å². The molecule has 1 aromatic heterocycles. The molecule has 274 valence electrons. The van der Waals surface area contributed by atoms with E-state index in [4.69, 9.17) is 5.73 Å². The van der Waals surface area contributed by atoms with Gasteiger partial charge in [0, 0.05) is 23.5 Å². The molecule has 1 aromatic carbocycles. The third-order valence-electron chi connectivity index (χ3n) is 8.52. The minimum absolute atomic E-state index is 0.0377. The maximum absolute atomic E-state index is 13.9. The van der Waals surface area contributed by atoms with E-state index in [-0.39, 0.29) is 31.1 Å². The first kappa shape index (κ1) is 39.5. The fourth-order valence-corrected chi connectivity index (χ4v) is 5.95. The summed E-state index contributed by atoms with van der Waals surface area (Å²) in [6, 6.07) is 2.94. The Labute approximate surface area is 292 Å². The number of hydrogen-bond donors (Lipinski definition) is 8. The van der Waals surface area contributed by atoms with E-state index in [1.54, 1.807) is 20.0 Å². The van der Waals surface area contributed by atoms with Gasteiger partial charge in [0.2, 0.25) is 41.4 Å². The average molecular weight is 697 g/mol. The largest absolute Gasteiger partial charge is 0.370 e. The SMILES string of the molecule is CC(C)C[C@@H]1NC(=O)[C@H](Cc2c[nH]c3ccccc23)NC(=O)CNC(=O)[C@](C)(CC(N)=O)NC(=O)[C@H](C(C)C)NC(=O)[C@@H](CC(C)C)NC1=O. The lowest BCUT2D eigenvalue weighted by atomic mass is 9.93. The Morgan fingerprint density at radius 2 is 1.36 bits per heavy atom. The van der Waals surface area contributed by atoms with E-state index in [1.165, 1.54) is 6.92 Å². The number of nitrogens with two attached hydrogens (primary N) is 1. The normalized spacial score (nSPS) is 24.9.